The molecule has 1 amide bonds. The molecule has 1 aliphatic rings. The van der Waals surface area contributed by atoms with Crippen molar-refractivity contribution >= 4 is 5.91 Å². The monoisotopic (exact) mass is 198 g/mol. The standard InChI is InChI=1S/C11H22N2O/c1-9(11(14)12-2)13-8-7-10-5-3-4-6-10/h9-10,13H,3-8H2,1-2H3,(H,12,14). The number of amides is 1. The lowest BCUT2D eigenvalue weighted by Gasteiger charge is -2.14. The van der Waals surface area contributed by atoms with Crippen LogP contribution < -0.4 is 10.6 Å². The summed E-state index contributed by atoms with van der Waals surface area (Å²) in [6.07, 6.45) is 6.79. The number of nitrogens with one attached hydrogen (secondary N) is 2. The van der Waals surface area contributed by atoms with Gasteiger partial charge in [-0.2, -0.15) is 0 Å². The number of hydrogen-bond donors (Lipinski definition) is 2. The molecule has 0 bridgehead atoms. The van der Waals surface area contributed by atoms with Gasteiger partial charge in [0, 0.05) is 7.05 Å². The molecular formula is C11H22N2O. The van der Waals surface area contributed by atoms with E-state index in [9.17, 15) is 4.79 Å². The van der Waals surface area contributed by atoms with Gasteiger partial charge in [-0.05, 0) is 25.8 Å². The van der Waals surface area contributed by atoms with Gasteiger partial charge in [-0.15, -0.1) is 0 Å². The van der Waals surface area contributed by atoms with Gasteiger partial charge in [0.05, 0.1) is 6.04 Å². The van der Waals surface area contributed by atoms with Crippen molar-refractivity contribution in [3.05, 3.63) is 0 Å². The smallest absolute Gasteiger partial charge is 0.236 e. The average molecular weight is 198 g/mol. The summed E-state index contributed by atoms with van der Waals surface area (Å²) in [6, 6.07) is -0.0543. The molecule has 1 atom stereocenters. The number of hydrogen-bond acceptors (Lipinski definition) is 2. The second-order valence-electron chi connectivity index (χ2n) is 4.23. The second kappa shape index (κ2) is 6.02. The fourth-order valence-corrected chi connectivity index (χ4v) is 2.11. The van der Waals surface area contributed by atoms with Crippen molar-refractivity contribution in [2.24, 2.45) is 5.92 Å². The van der Waals surface area contributed by atoms with Crippen LogP contribution in [0.1, 0.15) is 39.0 Å². The first-order chi connectivity index (χ1) is 6.74. The fraction of sp³-hybridized carbons (Fsp3) is 0.909. The van der Waals surface area contributed by atoms with E-state index in [2.05, 4.69) is 10.6 Å². The first-order valence-electron chi connectivity index (χ1n) is 5.69. The molecule has 1 rings (SSSR count). The minimum Gasteiger partial charge on any atom is -0.358 e. The molecule has 0 saturated heterocycles. The van der Waals surface area contributed by atoms with E-state index in [0.29, 0.717) is 0 Å². The van der Waals surface area contributed by atoms with Gasteiger partial charge in [0.1, 0.15) is 0 Å². The largest absolute Gasteiger partial charge is 0.358 e. The van der Waals surface area contributed by atoms with Crippen molar-refractivity contribution in [1.29, 1.82) is 0 Å². The predicted molar refractivity (Wildman–Crippen MR) is 58.1 cm³/mol. The third-order valence-electron chi connectivity index (χ3n) is 3.12. The lowest BCUT2D eigenvalue weighted by molar-refractivity contribution is -0.122. The van der Waals surface area contributed by atoms with Gasteiger partial charge in [-0.1, -0.05) is 25.7 Å². The zero-order valence-corrected chi connectivity index (χ0v) is 9.31. The van der Waals surface area contributed by atoms with E-state index in [4.69, 9.17) is 0 Å². The van der Waals surface area contributed by atoms with Crippen molar-refractivity contribution < 1.29 is 4.79 Å². The van der Waals surface area contributed by atoms with Crippen LogP contribution in [-0.4, -0.2) is 25.5 Å². The van der Waals surface area contributed by atoms with Crippen LogP contribution in [0.25, 0.3) is 0 Å². The number of likely N-dealkylation sites (N-methyl/N-ethyl adjacent to an activating group) is 1. The summed E-state index contributed by atoms with van der Waals surface area (Å²) in [4.78, 5) is 11.2. The zero-order valence-electron chi connectivity index (χ0n) is 9.31. The summed E-state index contributed by atoms with van der Waals surface area (Å²) in [5.74, 6) is 0.982. The van der Waals surface area contributed by atoms with E-state index < -0.39 is 0 Å². The Balaban J connectivity index is 2.05. The molecule has 0 aliphatic heterocycles. The average Bonchev–Trinajstić information content (AvgIpc) is 2.69. The van der Waals surface area contributed by atoms with Gasteiger partial charge in [-0.25, -0.2) is 0 Å². The van der Waals surface area contributed by atoms with Crippen LogP contribution in [0.4, 0.5) is 0 Å². The topological polar surface area (TPSA) is 41.1 Å². The number of carbonyl (C=O) groups is 1. The Morgan fingerprint density at radius 1 is 1.43 bits per heavy atom. The highest BCUT2D eigenvalue weighted by Gasteiger charge is 2.15. The van der Waals surface area contributed by atoms with Crippen molar-refractivity contribution in [3.63, 3.8) is 0 Å². The summed E-state index contributed by atoms with van der Waals surface area (Å²) < 4.78 is 0. The SMILES string of the molecule is CNC(=O)C(C)NCCC1CCCC1. The van der Waals surface area contributed by atoms with Crippen LogP contribution in [0.5, 0.6) is 0 Å². The maximum atomic E-state index is 11.2. The van der Waals surface area contributed by atoms with Gasteiger partial charge < -0.3 is 10.6 Å². The summed E-state index contributed by atoms with van der Waals surface area (Å²) >= 11 is 0. The van der Waals surface area contributed by atoms with Crippen LogP contribution in [-0.2, 0) is 4.79 Å². The minimum atomic E-state index is -0.0543. The van der Waals surface area contributed by atoms with Crippen molar-refractivity contribution in [2.75, 3.05) is 13.6 Å². The maximum Gasteiger partial charge on any atom is 0.236 e. The molecule has 1 saturated carbocycles. The van der Waals surface area contributed by atoms with E-state index in [1.807, 2.05) is 6.92 Å². The molecule has 82 valence electrons. The molecule has 0 aromatic rings. The molecule has 3 heteroatoms. The summed E-state index contributed by atoms with van der Waals surface area (Å²) in [5.41, 5.74) is 0. The quantitative estimate of drug-likeness (QED) is 0.699. The third-order valence-corrected chi connectivity index (χ3v) is 3.12. The molecule has 14 heavy (non-hydrogen) atoms. The molecule has 2 N–H and O–H groups in total. The predicted octanol–water partition coefficient (Wildman–Crippen LogP) is 1.29. The Hall–Kier alpha value is -0.570. The normalized spacial score (nSPS) is 19.6. The lowest BCUT2D eigenvalue weighted by Crippen LogP contribution is -2.41. The molecule has 0 aromatic heterocycles. The van der Waals surface area contributed by atoms with Gasteiger partial charge in [0.15, 0.2) is 0 Å². The summed E-state index contributed by atoms with van der Waals surface area (Å²) in [5, 5.41) is 5.89. The highest BCUT2D eigenvalue weighted by Crippen LogP contribution is 2.26. The fourth-order valence-electron chi connectivity index (χ4n) is 2.11. The Bertz CT molecular complexity index is 176. The molecule has 0 heterocycles. The highest BCUT2D eigenvalue weighted by molar-refractivity contribution is 5.80. The molecular weight excluding hydrogens is 176 g/mol. The van der Waals surface area contributed by atoms with Crippen molar-refractivity contribution in [1.82, 2.24) is 10.6 Å². The van der Waals surface area contributed by atoms with Crippen LogP contribution >= 0.6 is 0 Å². The Kier molecular flexibility index (Phi) is 4.94. The first-order valence-corrected chi connectivity index (χ1v) is 5.69. The molecule has 3 nitrogen and oxygen atoms in total. The van der Waals surface area contributed by atoms with Crippen LogP contribution in [0.15, 0.2) is 0 Å². The minimum absolute atomic E-state index is 0.0543. The van der Waals surface area contributed by atoms with E-state index in [-0.39, 0.29) is 11.9 Å². The lowest BCUT2D eigenvalue weighted by atomic mass is 10.0. The van der Waals surface area contributed by atoms with Gasteiger partial charge in [0.25, 0.3) is 0 Å². The molecule has 1 fully saturated rings. The Labute approximate surface area is 86.6 Å². The number of rotatable bonds is 5. The van der Waals surface area contributed by atoms with Gasteiger partial charge in [0.2, 0.25) is 5.91 Å². The number of carbonyl (C=O) groups excluding carboxylic acids is 1. The highest BCUT2D eigenvalue weighted by atomic mass is 16.2. The van der Waals surface area contributed by atoms with E-state index in [1.165, 1.54) is 32.1 Å². The van der Waals surface area contributed by atoms with E-state index in [0.717, 1.165) is 12.5 Å². The van der Waals surface area contributed by atoms with Gasteiger partial charge >= 0.3 is 0 Å². The molecule has 1 unspecified atom stereocenters. The molecule has 0 spiro atoms. The van der Waals surface area contributed by atoms with Crippen LogP contribution in [0, 0.1) is 5.92 Å². The van der Waals surface area contributed by atoms with Crippen LogP contribution in [0.3, 0.4) is 0 Å². The van der Waals surface area contributed by atoms with Crippen molar-refractivity contribution in [2.45, 2.75) is 45.1 Å². The zero-order chi connectivity index (χ0) is 10.4. The van der Waals surface area contributed by atoms with E-state index in [1.54, 1.807) is 7.05 Å². The third kappa shape index (κ3) is 3.66. The molecule has 1 aliphatic carbocycles. The van der Waals surface area contributed by atoms with Crippen LogP contribution in [0.2, 0.25) is 0 Å². The Morgan fingerprint density at radius 3 is 2.64 bits per heavy atom. The molecule has 0 radical (unpaired) electrons. The van der Waals surface area contributed by atoms with Gasteiger partial charge in [-0.3, -0.25) is 4.79 Å². The summed E-state index contributed by atoms with van der Waals surface area (Å²) in [7, 11) is 1.68. The first kappa shape index (κ1) is 11.5. The Morgan fingerprint density at radius 2 is 2.07 bits per heavy atom. The summed E-state index contributed by atoms with van der Waals surface area (Å²) in [6.45, 7) is 2.88. The van der Waals surface area contributed by atoms with E-state index >= 15 is 0 Å². The molecule has 0 aromatic carbocycles. The van der Waals surface area contributed by atoms with Crippen molar-refractivity contribution in [3.8, 4) is 0 Å². The second-order valence-corrected chi connectivity index (χ2v) is 4.23. The maximum absolute atomic E-state index is 11.2.